The van der Waals surface area contributed by atoms with Gasteiger partial charge in [-0.25, -0.2) is 8.78 Å². The molecule has 0 atom stereocenters. The van der Waals surface area contributed by atoms with Crippen LogP contribution in [0.5, 0.6) is 0 Å². The third kappa shape index (κ3) is 2.69. The summed E-state index contributed by atoms with van der Waals surface area (Å²) in [6.07, 6.45) is 1.56. The molecule has 1 saturated carbocycles. The van der Waals surface area contributed by atoms with Crippen molar-refractivity contribution in [2.45, 2.75) is 25.8 Å². The Morgan fingerprint density at radius 3 is 2.47 bits per heavy atom. The summed E-state index contributed by atoms with van der Waals surface area (Å²) in [6.45, 7) is 2.02. The monoisotopic (exact) mass is 270 g/mol. The smallest absolute Gasteiger partial charge is 0.285 e. The van der Waals surface area contributed by atoms with Crippen molar-refractivity contribution in [3.05, 3.63) is 39.4 Å². The highest BCUT2D eigenvalue weighted by atomic mass is 19.2. The molecule has 0 unspecified atom stereocenters. The molecule has 1 aliphatic rings. The molecule has 0 bridgehead atoms. The lowest BCUT2D eigenvalue weighted by molar-refractivity contribution is -0.385. The Morgan fingerprint density at radius 2 is 1.95 bits per heavy atom. The molecule has 0 spiro atoms. The fourth-order valence-corrected chi connectivity index (χ4v) is 2.15. The molecule has 0 heterocycles. The van der Waals surface area contributed by atoms with Gasteiger partial charge in [-0.1, -0.05) is 6.92 Å². The zero-order valence-corrected chi connectivity index (χ0v) is 10.2. The Kier molecular flexibility index (Phi) is 3.46. The summed E-state index contributed by atoms with van der Waals surface area (Å²) in [5.41, 5.74) is -1.19. The summed E-state index contributed by atoms with van der Waals surface area (Å²) in [7, 11) is 0. The van der Waals surface area contributed by atoms with Gasteiger partial charge in [0, 0.05) is 6.04 Å². The fraction of sp³-hybridized carbons (Fsp3) is 0.417. The number of hydrogen-bond acceptors (Lipinski definition) is 3. The molecular weight excluding hydrogens is 258 g/mol. The minimum Gasteiger partial charge on any atom is -0.349 e. The van der Waals surface area contributed by atoms with Crippen molar-refractivity contribution >= 4 is 11.6 Å². The molecule has 1 amide bonds. The van der Waals surface area contributed by atoms with Crippen LogP contribution in [-0.2, 0) is 0 Å². The van der Waals surface area contributed by atoms with Gasteiger partial charge in [0.05, 0.1) is 11.0 Å². The number of rotatable bonds is 3. The maximum absolute atomic E-state index is 13.1. The van der Waals surface area contributed by atoms with E-state index in [-0.39, 0.29) is 6.04 Å². The van der Waals surface area contributed by atoms with Gasteiger partial charge in [-0.05, 0) is 24.8 Å². The number of halogens is 2. The molecule has 0 aromatic heterocycles. The molecule has 1 aromatic carbocycles. The van der Waals surface area contributed by atoms with Crippen LogP contribution >= 0.6 is 0 Å². The minimum atomic E-state index is -1.35. The second-order valence-corrected chi connectivity index (χ2v) is 4.79. The van der Waals surface area contributed by atoms with Gasteiger partial charge in [-0.15, -0.1) is 0 Å². The van der Waals surface area contributed by atoms with Gasteiger partial charge in [0.1, 0.15) is 5.56 Å². The maximum Gasteiger partial charge on any atom is 0.285 e. The molecule has 1 N–H and O–H groups in total. The normalized spacial score (nSPS) is 21.6. The molecule has 19 heavy (non-hydrogen) atoms. The van der Waals surface area contributed by atoms with Gasteiger partial charge < -0.3 is 5.32 Å². The van der Waals surface area contributed by atoms with Crippen LogP contribution in [0.3, 0.4) is 0 Å². The summed E-state index contributed by atoms with van der Waals surface area (Å²) < 4.78 is 26.1. The van der Waals surface area contributed by atoms with Crippen LogP contribution in [0.4, 0.5) is 14.5 Å². The second-order valence-electron chi connectivity index (χ2n) is 4.79. The van der Waals surface area contributed by atoms with Crippen molar-refractivity contribution in [2.24, 2.45) is 5.92 Å². The van der Waals surface area contributed by atoms with Crippen LogP contribution in [-0.4, -0.2) is 16.9 Å². The quantitative estimate of drug-likeness (QED) is 0.677. The van der Waals surface area contributed by atoms with Crippen LogP contribution in [0.15, 0.2) is 12.1 Å². The average Bonchev–Trinajstić information content (AvgIpc) is 2.29. The number of nitrogens with one attached hydrogen (secondary N) is 1. The number of carbonyl (C=O) groups is 1. The summed E-state index contributed by atoms with van der Waals surface area (Å²) in [5, 5.41) is 13.3. The predicted molar refractivity (Wildman–Crippen MR) is 62.7 cm³/mol. The molecule has 5 nitrogen and oxygen atoms in total. The van der Waals surface area contributed by atoms with E-state index in [1.165, 1.54) is 0 Å². The van der Waals surface area contributed by atoms with Crippen LogP contribution in [0.2, 0.25) is 0 Å². The third-order valence-corrected chi connectivity index (χ3v) is 3.19. The Bertz CT molecular complexity index is 542. The van der Waals surface area contributed by atoms with Crippen molar-refractivity contribution in [3.63, 3.8) is 0 Å². The minimum absolute atomic E-state index is 0.0600. The van der Waals surface area contributed by atoms with Crippen LogP contribution in [0.25, 0.3) is 0 Å². The standard InChI is InChI=1S/C12H12F2N2O3/c1-6-2-7(3-6)15-12(17)8-4-9(13)10(14)5-11(8)16(18)19/h4-7H,2-3H2,1H3,(H,15,17). The first kappa shape index (κ1) is 13.4. The van der Waals surface area contributed by atoms with Crippen molar-refractivity contribution in [1.29, 1.82) is 0 Å². The van der Waals surface area contributed by atoms with Gasteiger partial charge in [0.2, 0.25) is 0 Å². The van der Waals surface area contributed by atoms with E-state index in [2.05, 4.69) is 5.32 Å². The van der Waals surface area contributed by atoms with Gasteiger partial charge >= 0.3 is 0 Å². The number of amides is 1. The summed E-state index contributed by atoms with van der Waals surface area (Å²) in [6, 6.07) is 0.925. The maximum atomic E-state index is 13.1. The number of benzene rings is 1. The summed E-state index contributed by atoms with van der Waals surface area (Å²) in [4.78, 5) is 21.7. The van der Waals surface area contributed by atoms with Gasteiger partial charge in [-0.2, -0.15) is 0 Å². The number of hydrogen-bond donors (Lipinski definition) is 1. The van der Waals surface area contributed by atoms with Crippen LogP contribution in [0, 0.1) is 27.7 Å². The molecule has 0 saturated heterocycles. The topological polar surface area (TPSA) is 72.2 Å². The molecule has 0 aliphatic heterocycles. The van der Waals surface area contributed by atoms with E-state index < -0.39 is 33.7 Å². The van der Waals surface area contributed by atoms with E-state index in [0.29, 0.717) is 18.1 Å². The molecular formula is C12H12F2N2O3. The molecule has 1 fully saturated rings. The highest BCUT2D eigenvalue weighted by molar-refractivity contribution is 5.98. The Balaban J connectivity index is 2.24. The zero-order chi connectivity index (χ0) is 14.2. The largest absolute Gasteiger partial charge is 0.349 e. The first-order chi connectivity index (χ1) is 8.88. The van der Waals surface area contributed by atoms with Crippen LogP contribution < -0.4 is 5.32 Å². The Labute approximate surface area is 107 Å². The van der Waals surface area contributed by atoms with Crippen LogP contribution in [0.1, 0.15) is 30.1 Å². The van der Waals surface area contributed by atoms with Gasteiger partial charge in [0.15, 0.2) is 11.6 Å². The first-order valence-corrected chi connectivity index (χ1v) is 5.82. The molecule has 102 valence electrons. The van der Waals surface area contributed by atoms with Crippen molar-refractivity contribution in [2.75, 3.05) is 0 Å². The van der Waals surface area contributed by atoms with E-state index in [1.54, 1.807) is 0 Å². The van der Waals surface area contributed by atoms with Gasteiger partial charge in [-0.3, -0.25) is 14.9 Å². The molecule has 1 aliphatic carbocycles. The van der Waals surface area contributed by atoms with E-state index in [4.69, 9.17) is 0 Å². The van der Waals surface area contributed by atoms with E-state index in [9.17, 15) is 23.7 Å². The lowest BCUT2D eigenvalue weighted by Crippen LogP contribution is -2.43. The van der Waals surface area contributed by atoms with Crippen molar-refractivity contribution in [1.82, 2.24) is 5.32 Å². The van der Waals surface area contributed by atoms with Crippen molar-refractivity contribution < 1.29 is 18.5 Å². The average molecular weight is 270 g/mol. The Morgan fingerprint density at radius 1 is 1.37 bits per heavy atom. The lowest BCUT2D eigenvalue weighted by atomic mass is 9.82. The zero-order valence-electron chi connectivity index (χ0n) is 10.2. The number of carbonyl (C=O) groups excluding carboxylic acids is 1. The second kappa shape index (κ2) is 4.91. The van der Waals surface area contributed by atoms with Crippen molar-refractivity contribution in [3.8, 4) is 0 Å². The number of nitro groups is 1. The third-order valence-electron chi connectivity index (χ3n) is 3.19. The SMILES string of the molecule is CC1CC(NC(=O)c2cc(F)c(F)cc2[N+](=O)[O-])C1. The first-order valence-electron chi connectivity index (χ1n) is 5.82. The highest BCUT2D eigenvalue weighted by Crippen LogP contribution is 2.28. The number of nitro benzene ring substituents is 1. The predicted octanol–water partition coefficient (Wildman–Crippen LogP) is 2.40. The molecule has 2 rings (SSSR count). The van der Waals surface area contributed by atoms with E-state index in [0.717, 1.165) is 12.8 Å². The molecule has 0 radical (unpaired) electrons. The van der Waals surface area contributed by atoms with Gasteiger partial charge in [0.25, 0.3) is 11.6 Å². The van der Waals surface area contributed by atoms with E-state index in [1.807, 2.05) is 6.92 Å². The summed E-state index contributed by atoms with van der Waals surface area (Å²) in [5.74, 6) is -2.88. The fourth-order valence-electron chi connectivity index (χ4n) is 2.15. The lowest BCUT2D eigenvalue weighted by Gasteiger charge is -2.33. The molecule has 1 aromatic rings. The summed E-state index contributed by atoms with van der Waals surface area (Å²) >= 11 is 0. The Hall–Kier alpha value is -2.05. The number of nitrogens with zero attached hydrogens (tertiary/aromatic N) is 1. The highest BCUT2D eigenvalue weighted by Gasteiger charge is 2.30. The molecule has 7 heteroatoms. The van der Waals surface area contributed by atoms with E-state index >= 15 is 0 Å².